The number of nitrogens with zero attached hydrogens (tertiary/aromatic N) is 1. The highest BCUT2D eigenvalue weighted by Crippen LogP contribution is 2.20. The largest absolute Gasteiger partial charge is 0.480 e. The number of carbonyl (C=O) groups is 2. The van der Waals surface area contributed by atoms with E-state index in [2.05, 4.69) is 0 Å². The molecule has 1 amide bonds. The first-order valence-electron chi connectivity index (χ1n) is 6.02. The zero-order chi connectivity index (χ0) is 14.0. The summed E-state index contributed by atoms with van der Waals surface area (Å²) in [7, 11) is 0. The Morgan fingerprint density at radius 1 is 1.42 bits per heavy atom. The average Bonchev–Trinajstić information content (AvgIpc) is 2.71. The van der Waals surface area contributed by atoms with Crippen LogP contribution < -0.4 is 5.73 Å². The van der Waals surface area contributed by atoms with Crippen molar-refractivity contribution in [2.45, 2.75) is 25.0 Å². The SMILES string of the molecule is Nc1cccc(CC(=O)N2C[C@H](O)C[C@@H]2C(=O)O)c1. The van der Waals surface area contributed by atoms with Crippen LogP contribution in [0.25, 0.3) is 0 Å². The van der Waals surface area contributed by atoms with Crippen molar-refractivity contribution >= 4 is 17.6 Å². The van der Waals surface area contributed by atoms with Gasteiger partial charge < -0.3 is 20.8 Å². The molecule has 1 aliphatic rings. The van der Waals surface area contributed by atoms with Gasteiger partial charge in [-0.25, -0.2) is 4.79 Å². The third kappa shape index (κ3) is 3.03. The monoisotopic (exact) mass is 264 g/mol. The number of hydrogen-bond acceptors (Lipinski definition) is 4. The Hall–Kier alpha value is -2.08. The fraction of sp³-hybridized carbons (Fsp3) is 0.385. The van der Waals surface area contributed by atoms with Crippen LogP contribution in [0, 0.1) is 0 Å². The first-order chi connectivity index (χ1) is 8.97. The van der Waals surface area contributed by atoms with Crippen molar-refractivity contribution in [3.8, 4) is 0 Å². The molecule has 0 spiro atoms. The number of anilines is 1. The minimum Gasteiger partial charge on any atom is -0.480 e. The molecule has 1 aliphatic heterocycles. The van der Waals surface area contributed by atoms with Gasteiger partial charge in [0.2, 0.25) is 5.91 Å². The molecule has 1 fully saturated rings. The first kappa shape index (κ1) is 13.4. The predicted molar refractivity (Wildman–Crippen MR) is 68.3 cm³/mol. The van der Waals surface area contributed by atoms with Gasteiger partial charge in [-0.15, -0.1) is 0 Å². The van der Waals surface area contributed by atoms with Gasteiger partial charge >= 0.3 is 5.97 Å². The van der Waals surface area contributed by atoms with Crippen LogP contribution in [0.5, 0.6) is 0 Å². The van der Waals surface area contributed by atoms with Crippen LogP contribution >= 0.6 is 0 Å². The van der Waals surface area contributed by atoms with Crippen LogP contribution in [0.4, 0.5) is 5.69 Å². The molecule has 1 aromatic rings. The number of aliphatic hydroxyl groups is 1. The zero-order valence-corrected chi connectivity index (χ0v) is 10.3. The first-order valence-corrected chi connectivity index (χ1v) is 6.02. The second kappa shape index (κ2) is 5.27. The van der Waals surface area contributed by atoms with Crippen molar-refractivity contribution in [2.24, 2.45) is 0 Å². The molecule has 6 heteroatoms. The lowest BCUT2D eigenvalue weighted by Crippen LogP contribution is -2.41. The van der Waals surface area contributed by atoms with Crippen molar-refractivity contribution < 1.29 is 19.8 Å². The Morgan fingerprint density at radius 2 is 2.16 bits per heavy atom. The van der Waals surface area contributed by atoms with Crippen molar-refractivity contribution in [1.29, 1.82) is 0 Å². The van der Waals surface area contributed by atoms with E-state index >= 15 is 0 Å². The number of carbonyl (C=O) groups excluding carboxylic acids is 1. The topological polar surface area (TPSA) is 104 Å². The summed E-state index contributed by atoms with van der Waals surface area (Å²) in [6, 6.07) is 5.96. The van der Waals surface area contributed by atoms with Gasteiger partial charge in [0.05, 0.1) is 12.5 Å². The van der Waals surface area contributed by atoms with Crippen LogP contribution in [-0.2, 0) is 16.0 Å². The zero-order valence-electron chi connectivity index (χ0n) is 10.3. The number of benzene rings is 1. The van der Waals surface area contributed by atoms with E-state index in [0.717, 1.165) is 5.56 Å². The van der Waals surface area contributed by atoms with E-state index in [9.17, 15) is 14.7 Å². The number of nitrogen functional groups attached to an aromatic ring is 1. The molecule has 1 aromatic carbocycles. The molecule has 1 saturated heterocycles. The van der Waals surface area contributed by atoms with Crippen LogP contribution in [0.15, 0.2) is 24.3 Å². The number of likely N-dealkylation sites (tertiary alicyclic amines) is 1. The third-order valence-corrected chi connectivity index (χ3v) is 3.19. The van der Waals surface area contributed by atoms with Crippen LogP contribution in [0.1, 0.15) is 12.0 Å². The van der Waals surface area contributed by atoms with Crippen LogP contribution in [0.2, 0.25) is 0 Å². The number of carboxylic acids is 1. The molecule has 0 radical (unpaired) electrons. The summed E-state index contributed by atoms with van der Waals surface area (Å²) in [5.41, 5.74) is 6.92. The molecule has 19 heavy (non-hydrogen) atoms. The minimum atomic E-state index is -1.09. The summed E-state index contributed by atoms with van der Waals surface area (Å²) in [5, 5.41) is 18.5. The van der Waals surface area contributed by atoms with Gasteiger partial charge in [0.25, 0.3) is 0 Å². The number of nitrogens with two attached hydrogens (primary N) is 1. The maximum absolute atomic E-state index is 12.1. The molecule has 6 nitrogen and oxygen atoms in total. The summed E-state index contributed by atoms with van der Waals surface area (Å²) in [5.74, 6) is -1.40. The molecule has 1 heterocycles. The Kier molecular flexibility index (Phi) is 3.71. The Labute approximate surface area is 110 Å². The summed E-state index contributed by atoms with van der Waals surface area (Å²) < 4.78 is 0. The highest BCUT2D eigenvalue weighted by molar-refractivity contribution is 5.85. The number of aliphatic hydroxyl groups excluding tert-OH is 1. The standard InChI is InChI=1S/C13H16N2O4/c14-9-3-1-2-8(4-9)5-12(17)15-7-10(16)6-11(15)13(18)19/h1-4,10-11,16H,5-7,14H2,(H,18,19)/t10-,11-/m1/s1. The normalized spacial score (nSPS) is 22.5. The van der Waals surface area contributed by atoms with Gasteiger partial charge in [-0.3, -0.25) is 4.79 Å². The maximum atomic E-state index is 12.1. The van der Waals surface area contributed by atoms with E-state index in [4.69, 9.17) is 10.8 Å². The molecule has 0 bridgehead atoms. The van der Waals surface area contributed by atoms with Gasteiger partial charge in [0.1, 0.15) is 6.04 Å². The van der Waals surface area contributed by atoms with E-state index in [1.165, 1.54) is 4.90 Å². The molecule has 4 N–H and O–H groups in total. The van der Waals surface area contributed by atoms with Gasteiger partial charge in [-0.05, 0) is 17.7 Å². The summed E-state index contributed by atoms with van der Waals surface area (Å²) in [6.07, 6.45) is -0.606. The van der Waals surface area contributed by atoms with E-state index in [0.29, 0.717) is 5.69 Å². The van der Waals surface area contributed by atoms with Gasteiger partial charge in [-0.2, -0.15) is 0 Å². The smallest absolute Gasteiger partial charge is 0.326 e. The highest BCUT2D eigenvalue weighted by atomic mass is 16.4. The number of hydrogen-bond donors (Lipinski definition) is 3. The van der Waals surface area contributed by atoms with Crippen LogP contribution in [-0.4, -0.2) is 45.7 Å². The molecule has 102 valence electrons. The van der Waals surface area contributed by atoms with Gasteiger partial charge in [-0.1, -0.05) is 12.1 Å². The molecule has 2 rings (SSSR count). The van der Waals surface area contributed by atoms with Crippen molar-refractivity contribution in [3.63, 3.8) is 0 Å². The van der Waals surface area contributed by atoms with Crippen LogP contribution in [0.3, 0.4) is 0 Å². The number of aliphatic carboxylic acids is 1. The number of rotatable bonds is 3. The summed E-state index contributed by atoms with van der Waals surface area (Å²) in [4.78, 5) is 24.4. The predicted octanol–water partition coefficient (Wildman–Crippen LogP) is -0.142. The van der Waals surface area contributed by atoms with E-state index in [1.54, 1.807) is 24.3 Å². The number of carboxylic acid groups (broad SMARTS) is 1. The summed E-state index contributed by atoms with van der Waals surface area (Å²) in [6.45, 7) is 0.0676. The Morgan fingerprint density at radius 3 is 2.79 bits per heavy atom. The van der Waals surface area contributed by atoms with Gasteiger partial charge in [0, 0.05) is 18.7 Å². The molecule has 0 unspecified atom stereocenters. The third-order valence-electron chi connectivity index (χ3n) is 3.19. The molecular formula is C13H16N2O4. The maximum Gasteiger partial charge on any atom is 0.326 e. The minimum absolute atomic E-state index is 0.0676. The fourth-order valence-corrected chi connectivity index (χ4v) is 2.30. The van der Waals surface area contributed by atoms with Crippen molar-refractivity contribution in [1.82, 2.24) is 4.90 Å². The molecule has 0 aromatic heterocycles. The second-order valence-corrected chi connectivity index (χ2v) is 4.71. The fourth-order valence-electron chi connectivity index (χ4n) is 2.30. The molecular weight excluding hydrogens is 248 g/mol. The molecule has 0 saturated carbocycles. The van der Waals surface area contributed by atoms with E-state index in [1.807, 2.05) is 0 Å². The van der Waals surface area contributed by atoms with Crippen molar-refractivity contribution in [3.05, 3.63) is 29.8 Å². The Balaban J connectivity index is 2.09. The summed E-state index contributed by atoms with van der Waals surface area (Å²) >= 11 is 0. The second-order valence-electron chi connectivity index (χ2n) is 4.71. The molecule has 0 aliphatic carbocycles. The lowest BCUT2D eigenvalue weighted by Gasteiger charge is -2.21. The lowest BCUT2D eigenvalue weighted by atomic mass is 10.1. The molecule has 2 atom stereocenters. The quantitative estimate of drug-likeness (QED) is 0.659. The Bertz CT molecular complexity index is 503. The van der Waals surface area contributed by atoms with Gasteiger partial charge in [0.15, 0.2) is 0 Å². The highest BCUT2D eigenvalue weighted by Gasteiger charge is 2.38. The van der Waals surface area contributed by atoms with E-state index < -0.39 is 18.1 Å². The number of β-amino-alcohol motifs (C(OH)–C–C–N with tert-alkyl or cyclic N) is 1. The number of amides is 1. The lowest BCUT2D eigenvalue weighted by molar-refractivity contribution is -0.148. The van der Waals surface area contributed by atoms with Crippen molar-refractivity contribution in [2.75, 3.05) is 12.3 Å². The average molecular weight is 264 g/mol. The van der Waals surface area contributed by atoms with E-state index in [-0.39, 0.29) is 25.3 Å².